The molecule has 5 saturated carbocycles. The summed E-state index contributed by atoms with van der Waals surface area (Å²) in [6, 6.07) is 0. The second kappa shape index (κ2) is 10.7. The van der Waals surface area contributed by atoms with Gasteiger partial charge in [0.15, 0.2) is 0 Å². The van der Waals surface area contributed by atoms with Crippen LogP contribution in [0.5, 0.6) is 0 Å². The first-order chi connectivity index (χ1) is 18.8. The van der Waals surface area contributed by atoms with Crippen molar-refractivity contribution in [1.29, 1.82) is 0 Å². The topological polar surface area (TPSA) is 75.4 Å². The Morgan fingerprint density at radius 1 is 0.850 bits per heavy atom. The van der Waals surface area contributed by atoms with Gasteiger partial charge in [-0.15, -0.1) is 0 Å². The minimum absolute atomic E-state index is 0.00723. The van der Waals surface area contributed by atoms with Gasteiger partial charge >= 0.3 is 0 Å². The molecule has 0 bridgehead atoms. The first-order valence-corrected chi connectivity index (χ1v) is 17.1. The molecule has 0 saturated heterocycles. The van der Waals surface area contributed by atoms with Gasteiger partial charge in [0.2, 0.25) is 5.91 Å². The van der Waals surface area contributed by atoms with Gasteiger partial charge < -0.3 is 16.2 Å². The summed E-state index contributed by atoms with van der Waals surface area (Å²) < 4.78 is 0. The molecule has 0 radical (unpaired) electrons. The highest BCUT2D eigenvalue weighted by atomic mass is 16.3. The van der Waals surface area contributed by atoms with Crippen LogP contribution in [0.1, 0.15) is 131 Å². The number of amides is 1. The number of allylic oxidation sites excluding steroid dienone is 1. The first kappa shape index (κ1) is 30.6. The number of aliphatic hydroxyl groups is 1. The van der Waals surface area contributed by atoms with Crippen molar-refractivity contribution in [3.8, 4) is 0 Å². The van der Waals surface area contributed by atoms with E-state index in [4.69, 9.17) is 5.73 Å². The molecule has 0 aliphatic heterocycles. The van der Waals surface area contributed by atoms with Crippen molar-refractivity contribution in [2.45, 2.75) is 138 Å². The maximum atomic E-state index is 14.2. The molecule has 5 fully saturated rings. The maximum Gasteiger partial charge on any atom is 0.226 e. The number of fused-ring (bicyclic) bond motifs is 7. The third-order valence-electron chi connectivity index (χ3n) is 14.9. The maximum absolute atomic E-state index is 14.2. The summed E-state index contributed by atoms with van der Waals surface area (Å²) in [5, 5.41) is 14.5. The number of rotatable bonds is 8. The van der Waals surface area contributed by atoms with E-state index in [1.54, 1.807) is 0 Å². The van der Waals surface area contributed by atoms with Crippen molar-refractivity contribution in [2.24, 2.45) is 62.4 Å². The van der Waals surface area contributed by atoms with Gasteiger partial charge in [0, 0.05) is 6.54 Å². The molecule has 0 aromatic heterocycles. The van der Waals surface area contributed by atoms with Gasteiger partial charge in [0.05, 0.1) is 11.5 Å². The number of aliphatic hydroxyl groups excluding tert-OH is 1. The predicted octanol–water partition coefficient (Wildman–Crippen LogP) is 7.64. The molecule has 40 heavy (non-hydrogen) atoms. The zero-order valence-corrected chi connectivity index (χ0v) is 26.9. The predicted molar refractivity (Wildman–Crippen MR) is 166 cm³/mol. The summed E-state index contributed by atoms with van der Waals surface area (Å²) in [6.45, 7) is 20.9. The summed E-state index contributed by atoms with van der Waals surface area (Å²) in [7, 11) is 0. The fraction of sp³-hybridized carbons (Fsp3) is 0.917. The largest absolute Gasteiger partial charge is 0.393 e. The second-order valence-electron chi connectivity index (χ2n) is 16.7. The number of unbranched alkanes of at least 4 members (excludes halogenated alkanes) is 3. The van der Waals surface area contributed by atoms with Crippen molar-refractivity contribution < 1.29 is 9.90 Å². The lowest BCUT2D eigenvalue weighted by atomic mass is 9.32. The van der Waals surface area contributed by atoms with E-state index in [1.807, 2.05) is 0 Å². The molecule has 5 aliphatic rings. The van der Waals surface area contributed by atoms with Crippen molar-refractivity contribution in [2.75, 3.05) is 13.1 Å². The highest BCUT2D eigenvalue weighted by Gasteiger charge is 2.71. The van der Waals surface area contributed by atoms with E-state index >= 15 is 0 Å². The summed E-state index contributed by atoms with van der Waals surface area (Å²) in [5.74, 6) is 3.13. The lowest BCUT2D eigenvalue weighted by molar-refractivity contribution is -0.246. The van der Waals surface area contributed by atoms with Gasteiger partial charge in [0.1, 0.15) is 0 Å². The summed E-state index contributed by atoms with van der Waals surface area (Å²) >= 11 is 0. The second-order valence-corrected chi connectivity index (χ2v) is 16.7. The smallest absolute Gasteiger partial charge is 0.226 e. The lowest BCUT2D eigenvalue weighted by Gasteiger charge is -2.72. The summed E-state index contributed by atoms with van der Waals surface area (Å²) in [6.07, 6.45) is 15.8. The highest BCUT2D eigenvalue weighted by Crippen LogP contribution is 2.77. The lowest BCUT2D eigenvalue weighted by Crippen LogP contribution is -2.67. The molecule has 4 nitrogen and oxygen atoms in total. The van der Waals surface area contributed by atoms with Crippen LogP contribution in [0.15, 0.2) is 12.2 Å². The fourth-order valence-electron chi connectivity index (χ4n) is 12.5. The molecule has 1 amide bonds. The number of carbonyl (C=O) groups is 1. The van der Waals surface area contributed by atoms with Crippen LogP contribution in [0, 0.1) is 56.7 Å². The van der Waals surface area contributed by atoms with Crippen LogP contribution >= 0.6 is 0 Å². The van der Waals surface area contributed by atoms with Crippen LogP contribution in [0.25, 0.3) is 0 Å². The molecule has 0 aromatic carbocycles. The van der Waals surface area contributed by atoms with Crippen LogP contribution in [0.4, 0.5) is 0 Å². The molecule has 10 atom stereocenters. The first-order valence-electron chi connectivity index (χ1n) is 17.1. The monoisotopic (exact) mass is 554 g/mol. The minimum Gasteiger partial charge on any atom is -0.393 e. The minimum atomic E-state index is -0.216. The number of nitrogens with one attached hydrogen (secondary N) is 1. The average molecular weight is 555 g/mol. The normalized spacial score (nSPS) is 47.4. The van der Waals surface area contributed by atoms with Crippen molar-refractivity contribution >= 4 is 5.91 Å². The third kappa shape index (κ3) is 4.30. The molecular weight excluding hydrogens is 492 g/mol. The van der Waals surface area contributed by atoms with E-state index in [2.05, 4.69) is 53.4 Å². The van der Waals surface area contributed by atoms with Crippen molar-refractivity contribution in [1.82, 2.24) is 5.32 Å². The van der Waals surface area contributed by atoms with Gasteiger partial charge in [-0.1, -0.05) is 59.6 Å². The van der Waals surface area contributed by atoms with Gasteiger partial charge in [0.25, 0.3) is 0 Å². The van der Waals surface area contributed by atoms with E-state index < -0.39 is 0 Å². The van der Waals surface area contributed by atoms with Gasteiger partial charge in [-0.05, 0) is 142 Å². The van der Waals surface area contributed by atoms with Crippen LogP contribution < -0.4 is 11.1 Å². The fourth-order valence-corrected chi connectivity index (χ4v) is 12.5. The Kier molecular flexibility index (Phi) is 8.17. The molecule has 4 N–H and O–H groups in total. The number of hydrogen-bond donors (Lipinski definition) is 3. The zero-order chi connectivity index (χ0) is 29.1. The third-order valence-corrected chi connectivity index (χ3v) is 14.9. The van der Waals surface area contributed by atoms with Crippen molar-refractivity contribution in [3.05, 3.63) is 12.2 Å². The van der Waals surface area contributed by atoms with Crippen LogP contribution in [0.2, 0.25) is 0 Å². The van der Waals surface area contributed by atoms with E-state index in [9.17, 15) is 9.90 Å². The Balaban J connectivity index is 1.42. The Bertz CT molecular complexity index is 976. The zero-order valence-electron chi connectivity index (χ0n) is 26.9. The Morgan fingerprint density at radius 2 is 1.57 bits per heavy atom. The Labute approximate surface area is 246 Å². The van der Waals surface area contributed by atoms with Gasteiger partial charge in [-0.3, -0.25) is 4.79 Å². The average Bonchev–Trinajstić information content (AvgIpc) is 3.30. The standard InChI is InChI=1S/C36H62N2O2/c1-24(2)25-14-19-36(31(40)38-23-11-9-8-10-22-37)21-20-34(6)26(30(25)36)12-13-28-33(5)17-16-29(39)32(3,4)27(33)15-18-35(28,34)7/h25-30,39H,1,8-23,37H2,2-7H3,(H,38,40)/t25-,26?,27?,28?,29-,30?,33-,34+,35+,36-/m0/s1. The van der Waals surface area contributed by atoms with E-state index in [1.165, 1.54) is 44.1 Å². The molecule has 5 aliphatic carbocycles. The molecule has 0 spiro atoms. The van der Waals surface area contributed by atoms with E-state index in [0.29, 0.717) is 40.9 Å². The number of carbonyl (C=O) groups excluding carboxylic acids is 1. The molecular formula is C36H62N2O2. The van der Waals surface area contributed by atoms with Gasteiger partial charge in [-0.25, -0.2) is 0 Å². The van der Waals surface area contributed by atoms with Crippen LogP contribution in [0.3, 0.4) is 0 Å². The summed E-state index contributed by atoms with van der Waals surface area (Å²) in [5.41, 5.74) is 7.58. The van der Waals surface area contributed by atoms with Crippen molar-refractivity contribution in [3.63, 3.8) is 0 Å². The number of nitrogens with two attached hydrogens (primary N) is 1. The van der Waals surface area contributed by atoms with E-state index in [-0.39, 0.29) is 27.8 Å². The quantitative estimate of drug-likeness (QED) is 0.213. The molecule has 0 aromatic rings. The molecule has 228 valence electrons. The number of hydrogen-bond acceptors (Lipinski definition) is 3. The molecule has 4 unspecified atom stereocenters. The molecule has 5 rings (SSSR count). The van der Waals surface area contributed by atoms with Gasteiger partial charge in [-0.2, -0.15) is 0 Å². The molecule has 0 heterocycles. The Morgan fingerprint density at radius 3 is 2.27 bits per heavy atom. The highest BCUT2D eigenvalue weighted by molar-refractivity contribution is 5.83. The summed E-state index contributed by atoms with van der Waals surface area (Å²) in [4.78, 5) is 14.2. The Hall–Kier alpha value is -0.870. The van der Waals surface area contributed by atoms with E-state index in [0.717, 1.165) is 64.5 Å². The van der Waals surface area contributed by atoms with Crippen LogP contribution in [-0.2, 0) is 4.79 Å². The van der Waals surface area contributed by atoms with Crippen LogP contribution in [-0.4, -0.2) is 30.2 Å². The molecule has 4 heteroatoms. The SMILES string of the molecule is C=C(C)[C@@H]1CC[C@]2(C(=O)NCCCCCCN)CC[C@]3(C)C(CCC4[C@@]5(C)CC[C@H](O)C(C)(C)C5CC[C@]43C)C12.